The second-order valence-electron chi connectivity index (χ2n) is 3.12. The third kappa shape index (κ3) is 5.16. The Balaban J connectivity index is 0.000000791. The molecule has 0 bridgehead atoms. The molecule has 0 aliphatic heterocycles. The van der Waals surface area contributed by atoms with Gasteiger partial charge in [-0.25, -0.2) is 5.26 Å². The first-order valence-electron chi connectivity index (χ1n) is 4.74. The van der Waals surface area contributed by atoms with Crippen LogP contribution in [0.3, 0.4) is 0 Å². The second kappa shape index (κ2) is 8.07. The quantitative estimate of drug-likeness (QED) is 0.661. The van der Waals surface area contributed by atoms with Gasteiger partial charge < -0.3 is 0 Å². The summed E-state index contributed by atoms with van der Waals surface area (Å²) in [6, 6.07) is 10.6. The van der Waals surface area contributed by atoms with Gasteiger partial charge in [-0.2, -0.15) is 0 Å². The lowest BCUT2D eigenvalue weighted by Gasteiger charge is -2.00. The van der Waals surface area contributed by atoms with Crippen LogP contribution in [0.25, 0.3) is 0 Å². The lowest BCUT2D eigenvalue weighted by molar-refractivity contribution is 0.938. The number of hydrogen-bond acceptors (Lipinski definition) is 1. The summed E-state index contributed by atoms with van der Waals surface area (Å²) in [6.07, 6.45) is 4.53. The fraction of sp³-hybridized carbons (Fsp3) is 0.308. The minimum Gasteiger partial charge on any atom is -0.202 e. The van der Waals surface area contributed by atoms with Crippen LogP contribution >= 0.6 is 0 Å². The number of rotatable bonds is 3. The van der Waals surface area contributed by atoms with Gasteiger partial charge in [0.1, 0.15) is 0 Å². The molecule has 1 aromatic carbocycles. The number of benzene rings is 1. The first-order valence-corrected chi connectivity index (χ1v) is 4.74. The average molecular weight is 187 g/mol. The maximum Gasteiger partial charge on any atom is 0.0462 e. The zero-order valence-corrected chi connectivity index (χ0v) is 8.90. The van der Waals surface area contributed by atoms with E-state index < -0.39 is 0 Å². The molecule has 0 fully saturated rings. The van der Waals surface area contributed by atoms with Gasteiger partial charge in [-0.05, 0) is 32.3 Å². The molecule has 1 heteroatoms. The molecule has 0 saturated carbocycles. The Hall–Kier alpha value is -1.55. The van der Waals surface area contributed by atoms with Crippen LogP contribution in [0.5, 0.6) is 0 Å². The monoisotopic (exact) mass is 187 g/mol. The van der Waals surface area contributed by atoms with Gasteiger partial charge in [0.15, 0.2) is 0 Å². The summed E-state index contributed by atoms with van der Waals surface area (Å²) in [5.74, 6) is 0. The molecule has 0 aliphatic rings. The van der Waals surface area contributed by atoms with Crippen molar-refractivity contribution in [1.82, 2.24) is 0 Å². The van der Waals surface area contributed by atoms with Gasteiger partial charge in [-0.3, -0.25) is 0 Å². The third-order valence-corrected chi connectivity index (χ3v) is 2.14. The van der Waals surface area contributed by atoms with E-state index in [0.717, 1.165) is 6.42 Å². The Morgan fingerprint density at radius 3 is 2.36 bits per heavy atom. The van der Waals surface area contributed by atoms with E-state index in [0.29, 0.717) is 0 Å². The third-order valence-electron chi connectivity index (χ3n) is 2.14. The SMILES string of the molecule is C#N.C/C=C(\C)CCc1ccccc1. The highest BCUT2D eigenvalue weighted by atomic mass is 14.2. The van der Waals surface area contributed by atoms with Crippen LogP contribution in [0.15, 0.2) is 42.0 Å². The van der Waals surface area contributed by atoms with Gasteiger partial charge in [0, 0.05) is 6.57 Å². The first-order chi connectivity index (χ1) is 6.83. The fourth-order valence-corrected chi connectivity index (χ4v) is 1.13. The zero-order valence-electron chi connectivity index (χ0n) is 8.90. The van der Waals surface area contributed by atoms with E-state index in [4.69, 9.17) is 5.26 Å². The molecule has 0 aromatic heterocycles. The molecule has 0 N–H and O–H groups in total. The van der Waals surface area contributed by atoms with E-state index in [2.05, 4.69) is 56.8 Å². The minimum atomic E-state index is 1.16. The maximum atomic E-state index is 6.50. The number of hydrogen-bond donors (Lipinski definition) is 0. The maximum absolute atomic E-state index is 6.50. The lowest BCUT2D eigenvalue weighted by atomic mass is 10.1. The molecule has 0 radical (unpaired) electrons. The van der Waals surface area contributed by atoms with Crippen LogP contribution in [-0.2, 0) is 6.42 Å². The summed E-state index contributed by atoms with van der Waals surface area (Å²) in [4.78, 5) is 0. The standard InChI is InChI=1S/C12H16.CHN/c1-3-11(2)9-10-12-7-5-4-6-8-12;1-2/h3-8H,9-10H2,1-2H3;1H/b11-3+;. The van der Waals surface area contributed by atoms with Crippen molar-refractivity contribution >= 4 is 0 Å². The van der Waals surface area contributed by atoms with E-state index in [-0.39, 0.29) is 0 Å². The lowest BCUT2D eigenvalue weighted by Crippen LogP contribution is -1.85. The van der Waals surface area contributed by atoms with Crippen LogP contribution in [0, 0.1) is 11.8 Å². The molecule has 0 heterocycles. The molecule has 74 valence electrons. The number of nitrogens with zero attached hydrogens (tertiary/aromatic N) is 1. The summed E-state index contributed by atoms with van der Waals surface area (Å²) in [6.45, 7) is 7.78. The molecule has 14 heavy (non-hydrogen) atoms. The molecule has 0 aliphatic carbocycles. The second-order valence-corrected chi connectivity index (χ2v) is 3.12. The van der Waals surface area contributed by atoms with Crippen molar-refractivity contribution in [3.63, 3.8) is 0 Å². The minimum absolute atomic E-state index is 1.16. The van der Waals surface area contributed by atoms with Gasteiger partial charge in [0.2, 0.25) is 0 Å². The van der Waals surface area contributed by atoms with Crippen molar-refractivity contribution in [2.24, 2.45) is 0 Å². The molecule has 0 spiro atoms. The molecule has 0 saturated heterocycles. The Morgan fingerprint density at radius 1 is 1.29 bits per heavy atom. The molecular formula is C13H17N. The highest BCUT2D eigenvalue weighted by Gasteiger charge is 1.91. The van der Waals surface area contributed by atoms with Crippen molar-refractivity contribution in [3.05, 3.63) is 47.5 Å². The summed E-state index contributed by atoms with van der Waals surface area (Å²) in [5, 5.41) is 6.50. The number of allylic oxidation sites excluding steroid dienone is 2. The topological polar surface area (TPSA) is 23.8 Å². The van der Waals surface area contributed by atoms with Gasteiger partial charge in [0.25, 0.3) is 0 Å². The molecule has 1 nitrogen and oxygen atoms in total. The van der Waals surface area contributed by atoms with Crippen LogP contribution in [0.2, 0.25) is 0 Å². The van der Waals surface area contributed by atoms with Crippen LogP contribution in [-0.4, -0.2) is 0 Å². The molecule has 1 aromatic rings. The van der Waals surface area contributed by atoms with Gasteiger partial charge in [-0.15, -0.1) is 0 Å². The van der Waals surface area contributed by atoms with E-state index in [1.54, 1.807) is 0 Å². The van der Waals surface area contributed by atoms with Crippen LogP contribution < -0.4 is 0 Å². The van der Waals surface area contributed by atoms with E-state index in [9.17, 15) is 0 Å². The van der Waals surface area contributed by atoms with E-state index in [1.165, 1.54) is 17.6 Å². The van der Waals surface area contributed by atoms with Gasteiger partial charge in [0.05, 0.1) is 0 Å². The van der Waals surface area contributed by atoms with Crippen molar-refractivity contribution in [2.45, 2.75) is 26.7 Å². The molecule has 1 rings (SSSR count). The fourth-order valence-electron chi connectivity index (χ4n) is 1.13. The summed E-state index contributed by atoms with van der Waals surface area (Å²) in [5.41, 5.74) is 2.90. The Labute approximate surface area is 86.7 Å². The predicted molar refractivity (Wildman–Crippen MR) is 60.9 cm³/mol. The Kier molecular flexibility index (Phi) is 7.17. The smallest absolute Gasteiger partial charge is 0.0462 e. The Morgan fingerprint density at radius 2 is 1.86 bits per heavy atom. The molecule has 0 unspecified atom stereocenters. The summed E-state index contributed by atoms with van der Waals surface area (Å²) >= 11 is 0. The van der Waals surface area contributed by atoms with Crippen molar-refractivity contribution in [3.8, 4) is 6.57 Å². The van der Waals surface area contributed by atoms with Gasteiger partial charge in [-0.1, -0.05) is 42.0 Å². The largest absolute Gasteiger partial charge is 0.202 e. The highest BCUT2D eigenvalue weighted by Crippen LogP contribution is 2.07. The number of aryl methyl sites for hydroxylation is 1. The summed E-state index contributed by atoms with van der Waals surface area (Å²) in [7, 11) is 0. The van der Waals surface area contributed by atoms with Crippen molar-refractivity contribution in [1.29, 1.82) is 5.26 Å². The van der Waals surface area contributed by atoms with Crippen LogP contribution in [0.1, 0.15) is 25.8 Å². The normalized spacial score (nSPS) is 10.1. The highest BCUT2D eigenvalue weighted by molar-refractivity contribution is 5.16. The molecule has 0 atom stereocenters. The summed E-state index contributed by atoms with van der Waals surface area (Å²) < 4.78 is 0. The van der Waals surface area contributed by atoms with Crippen LogP contribution in [0.4, 0.5) is 0 Å². The number of nitriles is 1. The van der Waals surface area contributed by atoms with E-state index in [1.807, 2.05) is 0 Å². The predicted octanol–water partition coefficient (Wildman–Crippen LogP) is 3.73. The zero-order chi connectivity index (χ0) is 10.8. The molecule has 0 amide bonds. The first kappa shape index (κ1) is 12.4. The Bertz CT molecular complexity index is 283. The average Bonchev–Trinajstić information content (AvgIpc) is 2.30. The molecular weight excluding hydrogens is 170 g/mol. The van der Waals surface area contributed by atoms with Crippen molar-refractivity contribution < 1.29 is 0 Å². The van der Waals surface area contributed by atoms with E-state index >= 15 is 0 Å². The van der Waals surface area contributed by atoms with Crippen molar-refractivity contribution in [2.75, 3.05) is 0 Å². The van der Waals surface area contributed by atoms with Gasteiger partial charge >= 0.3 is 0 Å².